The highest BCUT2D eigenvalue weighted by atomic mass is 14.8. The van der Waals surface area contributed by atoms with Gasteiger partial charge in [0, 0.05) is 23.7 Å². The van der Waals surface area contributed by atoms with Crippen LogP contribution < -0.4 is 5.73 Å². The third-order valence-corrected chi connectivity index (χ3v) is 3.01. The number of anilines is 1. The molecule has 2 nitrogen and oxygen atoms in total. The molecule has 17 heavy (non-hydrogen) atoms. The standard InChI is InChI=1S/C15H12N2/c16-15-14-12(9-10-17-15)7-2-1-5-11-6-3-4-8-13(11)14/h3-4,6,8-10H,1,5H2,(H2,16,17). The van der Waals surface area contributed by atoms with Crippen LogP contribution in [-0.4, -0.2) is 4.98 Å². The van der Waals surface area contributed by atoms with Gasteiger partial charge in [0.25, 0.3) is 0 Å². The van der Waals surface area contributed by atoms with Gasteiger partial charge in [0.05, 0.1) is 0 Å². The van der Waals surface area contributed by atoms with E-state index in [0.29, 0.717) is 5.82 Å². The van der Waals surface area contributed by atoms with Crippen molar-refractivity contribution in [3.05, 3.63) is 47.7 Å². The van der Waals surface area contributed by atoms with Crippen molar-refractivity contribution in [2.75, 3.05) is 5.73 Å². The Bertz CT molecular complexity index is 633. The lowest BCUT2D eigenvalue weighted by Gasteiger charge is -2.13. The van der Waals surface area contributed by atoms with Crippen LogP contribution >= 0.6 is 0 Å². The monoisotopic (exact) mass is 220 g/mol. The molecule has 1 heterocycles. The van der Waals surface area contributed by atoms with Gasteiger partial charge in [-0.05, 0) is 23.6 Å². The zero-order valence-electron chi connectivity index (χ0n) is 9.40. The highest BCUT2D eigenvalue weighted by Crippen LogP contribution is 2.32. The first-order chi connectivity index (χ1) is 8.36. The van der Waals surface area contributed by atoms with E-state index in [-0.39, 0.29) is 0 Å². The Morgan fingerprint density at radius 2 is 2.06 bits per heavy atom. The molecule has 3 rings (SSSR count). The number of fused-ring (bicyclic) bond motifs is 3. The van der Waals surface area contributed by atoms with Gasteiger partial charge in [-0.25, -0.2) is 4.98 Å². The minimum atomic E-state index is 0.561. The molecule has 2 aromatic rings. The summed E-state index contributed by atoms with van der Waals surface area (Å²) < 4.78 is 0. The molecule has 0 saturated carbocycles. The minimum Gasteiger partial charge on any atom is -0.383 e. The molecule has 0 atom stereocenters. The molecule has 1 aliphatic rings. The summed E-state index contributed by atoms with van der Waals surface area (Å²) in [4.78, 5) is 4.17. The first-order valence-electron chi connectivity index (χ1n) is 5.68. The molecular weight excluding hydrogens is 208 g/mol. The first kappa shape index (κ1) is 9.92. The maximum Gasteiger partial charge on any atom is 0.132 e. The number of rotatable bonds is 0. The molecule has 82 valence electrons. The molecular formula is C15H12N2. The lowest BCUT2D eigenvalue weighted by molar-refractivity contribution is 1.03. The lowest BCUT2D eigenvalue weighted by atomic mass is 9.92. The number of aryl methyl sites for hydroxylation is 1. The number of pyridine rings is 1. The molecule has 0 saturated heterocycles. The van der Waals surface area contributed by atoms with Crippen LogP contribution in [0.4, 0.5) is 5.82 Å². The second kappa shape index (κ2) is 3.95. The van der Waals surface area contributed by atoms with Crippen molar-refractivity contribution in [3.8, 4) is 23.0 Å². The second-order valence-corrected chi connectivity index (χ2v) is 4.08. The number of hydrogen-bond donors (Lipinski definition) is 1. The molecule has 0 spiro atoms. The summed E-state index contributed by atoms with van der Waals surface area (Å²) in [6.07, 6.45) is 3.57. The lowest BCUT2D eigenvalue weighted by Crippen LogP contribution is -2.00. The Balaban J connectivity index is 2.36. The highest BCUT2D eigenvalue weighted by Gasteiger charge is 2.13. The van der Waals surface area contributed by atoms with Crippen molar-refractivity contribution in [2.45, 2.75) is 12.8 Å². The fourth-order valence-corrected chi connectivity index (χ4v) is 2.20. The zero-order chi connectivity index (χ0) is 11.7. The van der Waals surface area contributed by atoms with Gasteiger partial charge in [-0.3, -0.25) is 0 Å². The van der Waals surface area contributed by atoms with Crippen LogP contribution in [0.15, 0.2) is 36.5 Å². The number of nitrogens with two attached hydrogens (primary N) is 1. The Morgan fingerprint density at radius 1 is 1.18 bits per heavy atom. The average molecular weight is 220 g/mol. The predicted octanol–water partition coefficient (Wildman–Crippen LogP) is 2.63. The smallest absolute Gasteiger partial charge is 0.132 e. The number of aromatic nitrogens is 1. The summed E-state index contributed by atoms with van der Waals surface area (Å²) in [6, 6.07) is 10.3. The van der Waals surface area contributed by atoms with Crippen LogP contribution in [-0.2, 0) is 6.42 Å². The number of nitrogens with zero attached hydrogens (tertiary/aromatic N) is 1. The van der Waals surface area contributed by atoms with Gasteiger partial charge in [-0.2, -0.15) is 0 Å². The highest BCUT2D eigenvalue weighted by molar-refractivity contribution is 5.82. The molecule has 2 N–H and O–H groups in total. The van der Waals surface area contributed by atoms with Crippen molar-refractivity contribution in [1.82, 2.24) is 4.98 Å². The van der Waals surface area contributed by atoms with E-state index in [1.165, 1.54) is 11.1 Å². The van der Waals surface area contributed by atoms with E-state index in [0.717, 1.165) is 24.0 Å². The number of nitrogen functional groups attached to an aromatic ring is 1. The number of hydrogen-bond acceptors (Lipinski definition) is 2. The van der Waals surface area contributed by atoms with E-state index >= 15 is 0 Å². The van der Waals surface area contributed by atoms with Crippen LogP contribution in [0.5, 0.6) is 0 Å². The SMILES string of the molecule is Nc1nccc2c1-c1ccccc1CCC#C2. The third kappa shape index (κ3) is 1.66. The maximum atomic E-state index is 6.00. The summed E-state index contributed by atoms with van der Waals surface area (Å²) in [5.74, 6) is 6.92. The Labute approximate surface area is 101 Å². The van der Waals surface area contributed by atoms with Crippen molar-refractivity contribution >= 4 is 5.82 Å². The maximum absolute atomic E-state index is 6.00. The largest absolute Gasteiger partial charge is 0.383 e. The van der Waals surface area contributed by atoms with Crippen LogP contribution in [0.2, 0.25) is 0 Å². The zero-order valence-corrected chi connectivity index (χ0v) is 9.40. The van der Waals surface area contributed by atoms with Gasteiger partial charge in [0.15, 0.2) is 0 Å². The van der Waals surface area contributed by atoms with Gasteiger partial charge in [-0.1, -0.05) is 36.1 Å². The van der Waals surface area contributed by atoms with Crippen LogP contribution in [0.25, 0.3) is 11.1 Å². The number of benzene rings is 1. The Hall–Kier alpha value is -2.27. The van der Waals surface area contributed by atoms with Crippen molar-refractivity contribution in [3.63, 3.8) is 0 Å². The molecule has 1 aromatic carbocycles. The molecule has 2 heteroatoms. The predicted molar refractivity (Wildman–Crippen MR) is 69.3 cm³/mol. The van der Waals surface area contributed by atoms with E-state index in [1.807, 2.05) is 12.1 Å². The summed E-state index contributed by atoms with van der Waals surface area (Å²) >= 11 is 0. The van der Waals surface area contributed by atoms with Gasteiger partial charge >= 0.3 is 0 Å². The van der Waals surface area contributed by atoms with Gasteiger partial charge in [-0.15, -0.1) is 0 Å². The Morgan fingerprint density at radius 3 is 3.00 bits per heavy atom. The van der Waals surface area contributed by atoms with Gasteiger partial charge in [0.1, 0.15) is 5.82 Å². The van der Waals surface area contributed by atoms with E-state index in [2.05, 4.69) is 35.0 Å². The van der Waals surface area contributed by atoms with Crippen molar-refractivity contribution in [2.24, 2.45) is 0 Å². The van der Waals surface area contributed by atoms with E-state index in [4.69, 9.17) is 5.73 Å². The van der Waals surface area contributed by atoms with E-state index < -0.39 is 0 Å². The minimum absolute atomic E-state index is 0.561. The molecule has 0 unspecified atom stereocenters. The van der Waals surface area contributed by atoms with Gasteiger partial charge < -0.3 is 5.73 Å². The summed E-state index contributed by atoms with van der Waals surface area (Å²) in [6.45, 7) is 0. The first-order valence-corrected chi connectivity index (χ1v) is 5.68. The van der Waals surface area contributed by atoms with Crippen molar-refractivity contribution in [1.29, 1.82) is 0 Å². The summed E-state index contributed by atoms with van der Waals surface area (Å²) in [7, 11) is 0. The molecule has 1 aromatic heterocycles. The topological polar surface area (TPSA) is 38.9 Å². The van der Waals surface area contributed by atoms with Crippen molar-refractivity contribution < 1.29 is 0 Å². The molecule has 0 radical (unpaired) electrons. The quantitative estimate of drug-likeness (QED) is 0.693. The fourth-order valence-electron chi connectivity index (χ4n) is 2.20. The fraction of sp³-hybridized carbons (Fsp3) is 0.133. The van der Waals surface area contributed by atoms with Crippen LogP contribution in [0, 0.1) is 11.8 Å². The second-order valence-electron chi connectivity index (χ2n) is 4.08. The van der Waals surface area contributed by atoms with Crippen LogP contribution in [0.1, 0.15) is 17.5 Å². The van der Waals surface area contributed by atoms with E-state index in [1.54, 1.807) is 6.20 Å². The molecule has 0 aliphatic heterocycles. The molecule has 0 fully saturated rings. The van der Waals surface area contributed by atoms with E-state index in [9.17, 15) is 0 Å². The summed E-state index contributed by atoms with van der Waals surface area (Å²) in [5.41, 5.74) is 10.4. The van der Waals surface area contributed by atoms with Gasteiger partial charge in [0.2, 0.25) is 0 Å². The third-order valence-electron chi connectivity index (χ3n) is 3.01. The normalized spacial score (nSPS) is 12.5. The molecule has 1 aliphatic carbocycles. The molecule has 0 bridgehead atoms. The molecule has 0 amide bonds. The Kier molecular flexibility index (Phi) is 2.31. The van der Waals surface area contributed by atoms with Crippen LogP contribution in [0.3, 0.4) is 0 Å². The summed E-state index contributed by atoms with van der Waals surface area (Å²) in [5, 5.41) is 0. The average Bonchev–Trinajstić information content (AvgIpc) is 2.32.